The van der Waals surface area contributed by atoms with Crippen LogP contribution in [0.15, 0.2) is 6.20 Å². The van der Waals surface area contributed by atoms with Crippen molar-refractivity contribution in [1.29, 1.82) is 0 Å². The molecule has 102 valence electrons. The zero-order chi connectivity index (χ0) is 14.1. The second kappa shape index (κ2) is 4.79. The fourth-order valence-corrected chi connectivity index (χ4v) is 1.32. The van der Waals surface area contributed by atoms with Crippen molar-refractivity contribution in [1.82, 2.24) is 4.98 Å². The SMILES string of the molecule is Fc1c(OC(F)(F)F)cnc(C(F)(F)F)c1CCl. The number of hydrogen-bond donors (Lipinski definition) is 0. The Bertz CT molecular complexity index is 442. The maximum atomic E-state index is 13.3. The molecule has 0 spiro atoms. The van der Waals surface area contributed by atoms with Crippen LogP contribution in [0.2, 0.25) is 0 Å². The van der Waals surface area contributed by atoms with Gasteiger partial charge in [-0.05, 0) is 0 Å². The standard InChI is InChI=1S/C8H3ClF7NO/c9-1-3-5(10)4(18-8(14,15)16)2-17-6(3)7(11,12)13/h2H,1H2. The fourth-order valence-electron chi connectivity index (χ4n) is 1.07. The second-order valence-electron chi connectivity index (χ2n) is 2.94. The topological polar surface area (TPSA) is 22.1 Å². The van der Waals surface area contributed by atoms with Crippen LogP contribution in [0.4, 0.5) is 30.7 Å². The van der Waals surface area contributed by atoms with Crippen LogP contribution in [-0.2, 0) is 12.1 Å². The normalized spacial score (nSPS) is 12.7. The third-order valence-corrected chi connectivity index (χ3v) is 1.97. The first-order valence-corrected chi connectivity index (χ1v) is 4.66. The first kappa shape index (κ1) is 14.8. The number of alkyl halides is 7. The van der Waals surface area contributed by atoms with E-state index in [9.17, 15) is 30.7 Å². The molecule has 0 N–H and O–H groups in total. The molecule has 1 heterocycles. The van der Waals surface area contributed by atoms with Gasteiger partial charge in [-0.15, -0.1) is 24.8 Å². The molecule has 1 aromatic heterocycles. The summed E-state index contributed by atoms with van der Waals surface area (Å²) in [6.07, 6.45) is -10.3. The van der Waals surface area contributed by atoms with Gasteiger partial charge >= 0.3 is 12.5 Å². The van der Waals surface area contributed by atoms with Gasteiger partial charge in [-0.3, -0.25) is 0 Å². The fraction of sp³-hybridized carbons (Fsp3) is 0.375. The number of pyridine rings is 1. The lowest BCUT2D eigenvalue weighted by molar-refractivity contribution is -0.275. The number of nitrogens with zero attached hydrogens (tertiary/aromatic N) is 1. The molecule has 0 amide bonds. The van der Waals surface area contributed by atoms with Gasteiger partial charge in [0.25, 0.3) is 0 Å². The highest BCUT2D eigenvalue weighted by atomic mass is 35.5. The Morgan fingerprint density at radius 3 is 2.11 bits per heavy atom. The Morgan fingerprint density at radius 1 is 1.17 bits per heavy atom. The molecule has 0 unspecified atom stereocenters. The molecule has 0 aromatic carbocycles. The lowest BCUT2D eigenvalue weighted by Gasteiger charge is -2.14. The summed E-state index contributed by atoms with van der Waals surface area (Å²) in [7, 11) is 0. The largest absolute Gasteiger partial charge is 0.573 e. The summed E-state index contributed by atoms with van der Waals surface area (Å²) in [6.45, 7) is 0. The zero-order valence-electron chi connectivity index (χ0n) is 8.16. The van der Waals surface area contributed by atoms with Crippen molar-refractivity contribution >= 4 is 11.6 Å². The molecular weight excluding hydrogens is 295 g/mol. The number of aromatic nitrogens is 1. The van der Waals surface area contributed by atoms with Gasteiger partial charge in [0.1, 0.15) is 0 Å². The minimum Gasteiger partial charge on any atom is -0.401 e. The summed E-state index contributed by atoms with van der Waals surface area (Å²) >= 11 is 5.07. The minimum absolute atomic E-state index is 0.00168. The Balaban J connectivity index is 3.29. The maximum absolute atomic E-state index is 13.3. The van der Waals surface area contributed by atoms with E-state index in [0.717, 1.165) is 0 Å². The third-order valence-electron chi connectivity index (χ3n) is 1.71. The Labute approximate surface area is 100 Å². The summed E-state index contributed by atoms with van der Waals surface area (Å²) in [4.78, 5) is 2.69. The quantitative estimate of drug-likeness (QED) is 0.610. The van der Waals surface area contributed by atoms with E-state index in [0.29, 0.717) is 0 Å². The van der Waals surface area contributed by atoms with Gasteiger partial charge in [-0.2, -0.15) is 13.2 Å². The van der Waals surface area contributed by atoms with Crippen molar-refractivity contribution in [2.75, 3.05) is 0 Å². The van der Waals surface area contributed by atoms with Crippen LogP contribution in [0.1, 0.15) is 11.3 Å². The summed E-state index contributed by atoms with van der Waals surface area (Å²) in [6, 6.07) is 0. The third kappa shape index (κ3) is 3.37. The van der Waals surface area contributed by atoms with Crippen LogP contribution in [0.3, 0.4) is 0 Å². The van der Waals surface area contributed by atoms with E-state index in [1.165, 1.54) is 0 Å². The molecule has 0 fully saturated rings. The van der Waals surface area contributed by atoms with Crippen molar-refractivity contribution in [3.05, 3.63) is 23.3 Å². The number of hydrogen-bond acceptors (Lipinski definition) is 2. The van der Waals surface area contributed by atoms with Crippen molar-refractivity contribution in [3.8, 4) is 5.75 Å². The van der Waals surface area contributed by atoms with Crippen LogP contribution in [0.25, 0.3) is 0 Å². The van der Waals surface area contributed by atoms with E-state index in [1.54, 1.807) is 0 Å². The summed E-state index contributed by atoms with van der Waals surface area (Å²) in [5.41, 5.74) is -2.89. The Kier molecular flexibility index (Phi) is 3.94. The number of halogens is 8. The molecule has 1 rings (SSSR count). The van der Waals surface area contributed by atoms with E-state index < -0.39 is 41.2 Å². The summed E-state index contributed by atoms with van der Waals surface area (Å²) < 4.78 is 89.0. The number of rotatable bonds is 2. The van der Waals surface area contributed by atoms with E-state index in [2.05, 4.69) is 9.72 Å². The predicted octanol–water partition coefficient (Wildman–Crippen LogP) is 3.88. The highest BCUT2D eigenvalue weighted by molar-refractivity contribution is 6.17. The summed E-state index contributed by atoms with van der Waals surface area (Å²) in [5, 5.41) is 0. The van der Waals surface area contributed by atoms with E-state index in [1.807, 2.05) is 0 Å². The van der Waals surface area contributed by atoms with Gasteiger partial charge < -0.3 is 4.74 Å². The monoisotopic (exact) mass is 297 g/mol. The van der Waals surface area contributed by atoms with Gasteiger partial charge in [0.2, 0.25) is 0 Å². The van der Waals surface area contributed by atoms with Gasteiger partial charge in [0.15, 0.2) is 17.3 Å². The minimum atomic E-state index is -5.24. The van der Waals surface area contributed by atoms with E-state index in [-0.39, 0.29) is 6.20 Å². The molecule has 0 atom stereocenters. The smallest absolute Gasteiger partial charge is 0.401 e. The first-order valence-electron chi connectivity index (χ1n) is 4.12. The highest BCUT2D eigenvalue weighted by Crippen LogP contribution is 2.36. The lowest BCUT2D eigenvalue weighted by Crippen LogP contribution is -2.20. The van der Waals surface area contributed by atoms with Crippen LogP contribution < -0.4 is 4.74 Å². The molecule has 0 radical (unpaired) electrons. The van der Waals surface area contributed by atoms with Crippen LogP contribution in [-0.4, -0.2) is 11.3 Å². The molecule has 1 aromatic rings. The van der Waals surface area contributed by atoms with Crippen molar-refractivity contribution in [2.45, 2.75) is 18.4 Å². The van der Waals surface area contributed by atoms with Crippen LogP contribution >= 0.6 is 11.6 Å². The van der Waals surface area contributed by atoms with Crippen molar-refractivity contribution < 1.29 is 35.5 Å². The van der Waals surface area contributed by atoms with Crippen LogP contribution in [0.5, 0.6) is 5.75 Å². The van der Waals surface area contributed by atoms with Crippen molar-refractivity contribution in [3.63, 3.8) is 0 Å². The average Bonchev–Trinajstić information content (AvgIpc) is 2.17. The highest BCUT2D eigenvalue weighted by Gasteiger charge is 2.39. The van der Waals surface area contributed by atoms with E-state index >= 15 is 0 Å². The molecule has 0 aliphatic rings. The first-order chi connectivity index (χ1) is 8.06. The average molecular weight is 298 g/mol. The Hall–Kier alpha value is -1.25. The summed E-state index contributed by atoms with van der Waals surface area (Å²) in [5.74, 6) is -4.31. The molecule has 0 bridgehead atoms. The molecular formula is C8H3ClF7NO. The molecule has 2 nitrogen and oxygen atoms in total. The van der Waals surface area contributed by atoms with Crippen molar-refractivity contribution in [2.24, 2.45) is 0 Å². The lowest BCUT2D eigenvalue weighted by atomic mass is 10.2. The molecule has 18 heavy (non-hydrogen) atoms. The van der Waals surface area contributed by atoms with Gasteiger partial charge in [0, 0.05) is 5.56 Å². The van der Waals surface area contributed by atoms with Gasteiger partial charge in [-0.25, -0.2) is 9.37 Å². The van der Waals surface area contributed by atoms with Crippen LogP contribution in [0, 0.1) is 5.82 Å². The molecule has 0 aliphatic carbocycles. The van der Waals surface area contributed by atoms with E-state index in [4.69, 9.17) is 11.6 Å². The molecule has 0 saturated carbocycles. The second-order valence-corrected chi connectivity index (χ2v) is 3.21. The predicted molar refractivity (Wildman–Crippen MR) is 45.4 cm³/mol. The Morgan fingerprint density at radius 2 is 1.72 bits per heavy atom. The van der Waals surface area contributed by atoms with Gasteiger partial charge in [-0.1, -0.05) is 0 Å². The van der Waals surface area contributed by atoms with Gasteiger partial charge in [0.05, 0.1) is 12.1 Å². The maximum Gasteiger partial charge on any atom is 0.573 e. The molecule has 0 aliphatic heterocycles. The molecule has 0 saturated heterocycles. The number of ether oxygens (including phenoxy) is 1. The molecule has 10 heteroatoms. The zero-order valence-corrected chi connectivity index (χ0v) is 8.92.